The van der Waals surface area contributed by atoms with Crippen LogP contribution in [0, 0.1) is 0 Å². The molecule has 1 aromatic heterocycles. The Labute approximate surface area is 118 Å². The summed E-state index contributed by atoms with van der Waals surface area (Å²) in [5, 5.41) is 10.1. The standard InChI is InChI=1S/C15H19N5/c1-2-5-12(6-3-1)19-14-9-15(18-11-17-14)20-13-7-4-8-16-10-13/h1-3,5-6,9,11,13,16H,4,7-8,10H2,(H2,17,18,19,20). The van der Waals surface area contributed by atoms with Gasteiger partial charge in [-0.1, -0.05) is 18.2 Å². The highest BCUT2D eigenvalue weighted by Crippen LogP contribution is 2.17. The topological polar surface area (TPSA) is 61.9 Å². The van der Waals surface area contributed by atoms with Crippen molar-refractivity contribution in [2.24, 2.45) is 0 Å². The Kier molecular flexibility index (Phi) is 4.08. The van der Waals surface area contributed by atoms with Crippen molar-refractivity contribution in [3.8, 4) is 0 Å². The van der Waals surface area contributed by atoms with Crippen molar-refractivity contribution in [2.45, 2.75) is 18.9 Å². The molecule has 1 aliphatic heterocycles. The highest BCUT2D eigenvalue weighted by atomic mass is 15.1. The summed E-state index contributed by atoms with van der Waals surface area (Å²) in [6.07, 6.45) is 3.97. The lowest BCUT2D eigenvalue weighted by molar-refractivity contribution is 0.479. The predicted molar refractivity (Wildman–Crippen MR) is 81.3 cm³/mol. The van der Waals surface area contributed by atoms with E-state index in [4.69, 9.17) is 0 Å². The lowest BCUT2D eigenvalue weighted by atomic mass is 10.1. The second-order valence-corrected chi connectivity index (χ2v) is 4.97. The zero-order valence-corrected chi connectivity index (χ0v) is 11.3. The number of benzene rings is 1. The average molecular weight is 269 g/mol. The zero-order chi connectivity index (χ0) is 13.6. The Morgan fingerprint density at radius 1 is 1.10 bits per heavy atom. The summed E-state index contributed by atoms with van der Waals surface area (Å²) in [4.78, 5) is 8.54. The van der Waals surface area contributed by atoms with Gasteiger partial charge in [-0.3, -0.25) is 0 Å². The molecular weight excluding hydrogens is 250 g/mol. The quantitative estimate of drug-likeness (QED) is 0.795. The molecule has 1 aromatic carbocycles. The molecular formula is C15H19N5. The van der Waals surface area contributed by atoms with E-state index in [2.05, 4.69) is 25.9 Å². The van der Waals surface area contributed by atoms with Gasteiger partial charge in [0.25, 0.3) is 0 Å². The molecule has 5 heteroatoms. The Hall–Kier alpha value is -2.14. The fourth-order valence-electron chi connectivity index (χ4n) is 2.36. The van der Waals surface area contributed by atoms with E-state index in [1.54, 1.807) is 6.33 Å². The van der Waals surface area contributed by atoms with E-state index in [1.807, 2.05) is 36.4 Å². The molecule has 0 bridgehead atoms. The Bertz CT molecular complexity index is 537. The minimum Gasteiger partial charge on any atom is -0.366 e. The fraction of sp³-hybridized carbons (Fsp3) is 0.333. The number of rotatable bonds is 4. The molecule has 20 heavy (non-hydrogen) atoms. The Balaban J connectivity index is 1.66. The van der Waals surface area contributed by atoms with Crippen LogP contribution in [0.2, 0.25) is 0 Å². The normalized spacial score (nSPS) is 18.5. The fourth-order valence-corrected chi connectivity index (χ4v) is 2.36. The number of hydrogen-bond donors (Lipinski definition) is 3. The summed E-state index contributed by atoms with van der Waals surface area (Å²) in [5.41, 5.74) is 1.02. The molecule has 2 heterocycles. The number of piperidine rings is 1. The molecule has 1 aliphatic rings. The summed E-state index contributed by atoms with van der Waals surface area (Å²) in [5.74, 6) is 1.67. The number of nitrogens with zero attached hydrogens (tertiary/aromatic N) is 2. The van der Waals surface area contributed by atoms with Gasteiger partial charge in [-0.2, -0.15) is 0 Å². The van der Waals surface area contributed by atoms with Crippen LogP contribution in [0.15, 0.2) is 42.7 Å². The van der Waals surface area contributed by atoms with E-state index in [0.717, 1.165) is 30.4 Å². The van der Waals surface area contributed by atoms with Gasteiger partial charge in [-0.25, -0.2) is 9.97 Å². The van der Waals surface area contributed by atoms with Gasteiger partial charge in [-0.15, -0.1) is 0 Å². The molecule has 1 fully saturated rings. The molecule has 1 saturated heterocycles. The second-order valence-electron chi connectivity index (χ2n) is 4.97. The van der Waals surface area contributed by atoms with Gasteiger partial charge in [0.1, 0.15) is 18.0 Å². The molecule has 0 saturated carbocycles. The second kappa shape index (κ2) is 6.34. The zero-order valence-electron chi connectivity index (χ0n) is 11.3. The summed E-state index contributed by atoms with van der Waals surface area (Å²) in [7, 11) is 0. The molecule has 1 unspecified atom stereocenters. The lowest BCUT2D eigenvalue weighted by Crippen LogP contribution is -2.38. The first-order valence-electron chi connectivity index (χ1n) is 7.01. The van der Waals surface area contributed by atoms with Gasteiger partial charge >= 0.3 is 0 Å². The molecule has 3 rings (SSSR count). The molecule has 2 aromatic rings. The molecule has 1 atom stereocenters. The molecule has 104 valence electrons. The molecule has 0 spiro atoms. The molecule has 0 radical (unpaired) electrons. The first-order valence-corrected chi connectivity index (χ1v) is 7.01. The maximum Gasteiger partial charge on any atom is 0.135 e. The summed E-state index contributed by atoms with van der Waals surface area (Å²) in [6, 6.07) is 12.4. The van der Waals surface area contributed by atoms with Crippen LogP contribution in [0.4, 0.5) is 17.3 Å². The number of nitrogens with one attached hydrogen (secondary N) is 3. The number of para-hydroxylation sites is 1. The van der Waals surface area contributed by atoms with E-state index in [1.165, 1.54) is 12.8 Å². The van der Waals surface area contributed by atoms with E-state index in [0.29, 0.717) is 6.04 Å². The van der Waals surface area contributed by atoms with E-state index < -0.39 is 0 Å². The Morgan fingerprint density at radius 2 is 1.95 bits per heavy atom. The minimum absolute atomic E-state index is 0.447. The van der Waals surface area contributed by atoms with E-state index in [9.17, 15) is 0 Å². The average Bonchev–Trinajstić information content (AvgIpc) is 2.50. The van der Waals surface area contributed by atoms with E-state index >= 15 is 0 Å². The predicted octanol–water partition coefficient (Wildman–Crippen LogP) is 2.38. The lowest BCUT2D eigenvalue weighted by Gasteiger charge is -2.24. The maximum atomic E-state index is 4.29. The summed E-state index contributed by atoms with van der Waals surface area (Å²) < 4.78 is 0. The number of aromatic nitrogens is 2. The third kappa shape index (κ3) is 3.45. The van der Waals surface area contributed by atoms with Gasteiger partial charge in [-0.05, 0) is 31.5 Å². The van der Waals surface area contributed by atoms with Crippen molar-refractivity contribution in [1.29, 1.82) is 0 Å². The first-order chi connectivity index (χ1) is 9.90. The third-order valence-electron chi connectivity index (χ3n) is 3.36. The minimum atomic E-state index is 0.447. The largest absolute Gasteiger partial charge is 0.366 e. The molecule has 0 aliphatic carbocycles. The van der Waals surface area contributed by atoms with E-state index in [-0.39, 0.29) is 0 Å². The monoisotopic (exact) mass is 269 g/mol. The van der Waals surface area contributed by atoms with Crippen LogP contribution >= 0.6 is 0 Å². The summed E-state index contributed by atoms with van der Waals surface area (Å²) in [6.45, 7) is 2.11. The van der Waals surface area contributed by atoms with Gasteiger partial charge < -0.3 is 16.0 Å². The highest BCUT2D eigenvalue weighted by Gasteiger charge is 2.13. The molecule has 3 N–H and O–H groups in total. The van der Waals surface area contributed by atoms with Crippen LogP contribution in [0.3, 0.4) is 0 Å². The first kappa shape index (κ1) is 12.9. The third-order valence-corrected chi connectivity index (χ3v) is 3.36. The van der Waals surface area contributed by atoms with Gasteiger partial charge in [0, 0.05) is 24.3 Å². The van der Waals surface area contributed by atoms with Crippen molar-refractivity contribution in [1.82, 2.24) is 15.3 Å². The number of hydrogen-bond acceptors (Lipinski definition) is 5. The Morgan fingerprint density at radius 3 is 2.75 bits per heavy atom. The smallest absolute Gasteiger partial charge is 0.135 e. The van der Waals surface area contributed by atoms with Crippen molar-refractivity contribution in [2.75, 3.05) is 23.7 Å². The summed E-state index contributed by atoms with van der Waals surface area (Å²) >= 11 is 0. The van der Waals surface area contributed by atoms with Crippen LogP contribution < -0.4 is 16.0 Å². The van der Waals surface area contributed by atoms with Gasteiger partial charge in [0.2, 0.25) is 0 Å². The number of anilines is 3. The van der Waals surface area contributed by atoms with Crippen LogP contribution in [-0.4, -0.2) is 29.1 Å². The van der Waals surface area contributed by atoms with Gasteiger partial charge in [0.05, 0.1) is 0 Å². The van der Waals surface area contributed by atoms with Gasteiger partial charge in [0.15, 0.2) is 0 Å². The van der Waals surface area contributed by atoms with Crippen LogP contribution in [0.1, 0.15) is 12.8 Å². The van der Waals surface area contributed by atoms with Crippen molar-refractivity contribution >= 4 is 17.3 Å². The van der Waals surface area contributed by atoms with Crippen molar-refractivity contribution < 1.29 is 0 Å². The molecule has 5 nitrogen and oxygen atoms in total. The van der Waals surface area contributed by atoms with Crippen molar-refractivity contribution in [3.63, 3.8) is 0 Å². The highest BCUT2D eigenvalue weighted by molar-refractivity contribution is 5.58. The van der Waals surface area contributed by atoms with Crippen molar-refractivity contribution in [3.05, 3.63) is 42.7 Å². The maximum absolute atomic E-state index is 4.29. The van der Waals surface area contributed by atoms with Crippen LogP contribution in [0.25, 0.3) is 0 Å². The molecule has 0 amide bonds. The SMILES string of the molecule is c1ccc(Nc2cc(NC3CCCNC3)ncn2)cc1. The van der Waals surface area contributed by atoms with Crippen LogP contribution in [0.5, 0.6) is 0 Å². The van der Waals surface area contributed by atoms with Crippen LogP contribution in [-0.2, 0) is 0 Å².